The van der Waals surface area contributed by atoms with E-state index in [0.29, 0.717) is 12.1 Å². The van der Waals surface area contributed by atoms with Gasteiger partial charge in [-0.05, 0) is 24.5 Å². The second-order valence-corrected chi connectivity index (χ2v) is 7.32. The molecule has 0 bridgehead atoms. The third-order valence-electron chi connectivity index (χ3n) is 3.83. The zero-order valence-electron chi connectivity index (χ0n) is 14.7. The number of ketones is 1. The Morgan fingerprint density at radius 1 is 1.32 bits per heavy atom. The SMILES string of the molecule is COc1cccc(-c2nc(CC(=O)C[C@@H](CC(C)C)C(=O)O)cs2)c1. The molecule has 6 heteroatoms. The maximum Gasteiger partial charge on any atom is 0.306 e. The first-order valence-corrected chi connectivity index (χ1v) is 9.10. The number of carbonyl (C=O) groups excluding carboxylic acids is 1. The molecule has 0 saturated heterocycles. The predicted molar refractivity (Wildman–Crippen MR) is 98.0 cm³/mol. The van der Waals surface area contributed by atoms with Gasteiger partial charge in [-0.2, -0.15) is 0 Å². The molecule has 1 aromatic heterocycles. The van der Waals surface area contributed by atoms with E-state index in [2.05, 4.69) is 4.98 Å². The molecule has 1 heterocycles. The van der Waals surface area contributed by atoms with Crippen LogP contribution < -0.4 is 4.74 Å². The molecule has 0 amide bonds. The summed E-state index contributed by atoms with van der Waals surface area (Å²) in [5, 5.41) is 11.9. The van der Waals surface area contributed by atoms with Crippen LogP contribution in [-0.4, -0.2) is 29.0 Å². The van der Waals surface area contributed by atoms with Gasteiger partial charge in [-0.3, -0.25) is 9.59 Å². The van der Waals surface area contributed by atoms with Gasteiger partial charge in [-0.25, -0.2) is 4.98 Å². The van der Waals surface area contributed by atoms with Crippen LogP contribution in [0.25, 0.3) is 10.6 Å². The van der Waals surface area contributed by atoms with Crippen LogP contribution in [0.5, 0.6) is 5.75 Å². The summed E-state index contributed by atoms with van der Waals surface area (Å²) < 4.78 is 5.21. The first kappa shape index (κ1) is 19.1. The minimum absolute atomic E-state index is 0.0551. The molecule has 2 rings (SSSR count). The van der Waals surface area contributed by atoms with Gasteiger partial charge in [-0.15, -0.1) is 11.3 Å². The lowest BCUT2D eigenvalue weighted by Crippen LogP contribution is -2.20. The van der Waals surface area contributed by atoms with Crippen molar-refractivity contribution in [3.05, 3.63) is 35.3 Å². The summed E-state index contributed by atoms with van der Waals surface area (Å²) in [5.74, 6) is -0.618. The molecule has 1 aromatic carbocycles. The number of carboxylic acid groups (broad SMARTS) is 1. The number of aromatic nitrogens is 1. The lowest BCUT2D eigenvalue weighted by Gasteiger charge is -2.13. The van der Waals surface area contributed by atoms with Crippen molar-refractivity contribution >= 4 is 23.1 Å². The predicted octanol–water partition coefficient (Wildman–Crippen LogP) is 4.07. The molecule has 0 aliphatic heterocycles. The van der Waals surface area contributed by atoms with Crippen LogP contribution in [0.4, 0.5) is 0 Å². The maximum atomic E-state index is 12.2. The van der Waals surface area contributed by atoms with Crippen molar-refractivity contribution < 1.29 is 19.4 Å². The fraction of sp³-hybridized carbons (Fsp3) is 0.421. The van der Waals surface area contributed by atoms with Gasteiger partial charge in [0.15, 0.2) is 0 Å². The quantitative estimate of drug-likeness (QED) is 0.728. The highest BCUT2D eigenvalue weighted by Gasteiger charge is 2.22. The molecule has 0 spiro atoms. The normalized spacial score (nSPS) is 12.2. The van der Waals surface area contributed by atoms with Crippen LogP contribution in [0.15, 0.2) is 29.6 Å². The van der Waals surface area contributed by atoms with Crippen molar-refractivity contribution in [1.82, 2.24) is 4.98 Å². The van der Waals surface area contributed by atoms with Crippen LogP contribution in [0.1, 0.15) is 32.4 Å². The Morgan fingerprint density at radius 2 is 2.08 bits per heavy atom. The number of methoxy groups -OCH3 is 1. The lowest BCUT2D eigenvalue weighted by atomic mass is 9.91. The number of hydrogen-bond donors (Lipinski definition) is 1. The summed E-state index contributed by atoms with van der Waals surface area (Å²) in [6, 6.07) is 7.59. The summed E-state index contributed by atoms with van der Waals surface area (Å²) >= 11 is 1.46. The summed E-state index contributed by atoms with van der Waals surface area (Å²) in [4.78, 5) is 28.0. The zero-order valence-corrected chi connectivity index (χ0v) is 15.5. The number of carboxylic acids is 1. The molecule has 0 unspecified atom stereocenters. The third-order valence-corrected chi connectivity index (χ3v) is 4.77. The highest BCUT2D eigenvalue weighted by atomic mass is 32.1. The molecule has 1 atom stereocenters. The minimum Gasteiger partial charge on any atom is -0.497 e. The Balaban J connectivity index is 2.02. The zero-order chi connectivity index (χ0) is 18.4. The number of hydrogen-bond acceptors (Lipinski definition) is 5. The van der Waals surface area contributed by atoms with Crippen molar-refractivity contribution in [3.63, 3.8) is 0 Å². The molecule has 0 aliphatic carbocycles. The standard InChI is InChI=1S/C19H23NO4S/c1-12(2)7-14(19(22)23)8-16(21)10-15-11-25-18(20-15)13-5-4-6-17(9-13)24-3/h4-6,9,11-12,14H,7-8,10H2,1-3H3,(H,22,23)/t14-/m1/s1. The summed E-state index contributed by atoms with van der Waals surface area (Å²) in [6.45, 7) is 3.92. The summed E-state index contributed by atoms with van der Waals surface area (Å²) in [7, 11) is 1.61. The van der Waals surface area contributed by atoms with Crippen molar-refractivity contribution in [2.75, 3.05) is 7.11 Å². The molecular weight excluding hydrogens is 338 g/mol. The topological polar surface area (TPSA) is 76.5 Å². The number of carbonyl (C=O) groups is 2. The molecule has 1 N–H and O–H groups in total. The number of ether oxygens (including phenoxy) is 1. The van der Waals surface area contributed by atoms with E-state index in [0.717, 1.165) is 16.3 Å². The molecule has 5 nitrogen and oxygen atoms in total. The van der Waals surface area contributed by atoms with Gasteiger partial charge >= 0.3 is 5.97 Å². The molecule has 0 radical (unpaired) electrons. The Kier molecular flexibility index (Phi) is 6.70. The van der Waals surface area contributed by atoms with E-state index in [4.69, 9.17) is 4.74 Å². The molecule has 0 fully saturated rings. The van der Waals surface area contributed by atoms with Crippen molar-refractivity contribution in [3.8, 4) is 16.3 Å². The first-order valence-electron chi connectivity index (χ1n) is 8.22. The fourth-order valence-electron chi connectivity index (χ4n) is 2.67. The summed E-state index contributed by atoms with van der Waals surface area (Å²) in [5.41, 5.74) is 1.62. The Bertz CT molecular complexity index is 739. The number of nitrogens with zero attached hydrogens (tertiary/aromatic N) is 1. The first-order chi connectivity index (χ1) is 11.9. The third kappa shape index (κ3) is 5.67. The van der Waals surface area contributed by atoms with E-state index >= 15 is 0 Å². The summed E-state index contributed by atoms with van der Waals surface area (Å²) in [6.07, 6.45) is 0.731. The van der Waals surface area contributed by atoms with E-state index in [9.17, 15) is 14.7 Å². The van der Waals surface area contributed by atoms with E-state index in [1.807, 2.05) is 43.5 Å². The van der Waals surface area contributed by atoms with Gasteiger partial charge in [-0.1, -0.05) is 26.0 Å². The smallest absolute Gasteiger partial charge is 0.306 e. The molecule has 0 saturated carbocycles. The second kappa shape index (κ2) is 8.76. The highest BCUT2D eigenvalue weighted by molar-refractivity contribution is 7.13. The Labute approximate surface area is 151 Å². The Morgan fingerprint density at radius 3 is 2.72 bits per heavy atom. The highest BCUT2D eigenvalue weighted by Crippen LogP contribution is 2.27. The second-order valence-electron chi connectivity index (χ2n) is 6.46. The van der Waals surface area contributed by atoms with E-state index in [-0.39, 0.29) is 24.5 Å². The Hall–Kier alpha value is -2.21. The monoisotopic (exact) mass is 361 g/mol. The number of benzene rings is 1. The number of aliphatic carboxylic acids is 1. The van der Waals surface area contributed by atoms with Crippen molar-refractivity contribution in [1.29, 1.82) is 0 Å². The van der Waals surface area contributed by atoms with Crippen LogP contribution in [0.3, 0.4) is 0 Å². The fourth-order valence-corrected chi connectivity index (χ4v) is 3.48. The average Bonchev–Trinajstić information content (AvgIpc) is 3.02. The molecule has 2 aromatic rings. The number of rotatable bonds is 9. The van der Waals surface area contributed by atoms with Crippen LogP contribution in [0, 0.1) is 11.8 Å². The van der Waals surface area contributed by atoms with Gasteiger partial charge in [0, 0.05) is 23.8 Å². The van der Waals surface area contributed by atoms with Crippen molar-refractivity contribution in [2.24, 2.45) is 11.8 Å². The maximum absolute atomic E-state index is 12.2. The average molecular weight is 361 g/mol. The van der Waals surface area contributed by atoms with Crippen LogP contribution in [0.2, 0.25) is 0 Å². The van der Waals surface area contributed by atoms with E-state index < -0.39 is 11.9 Å². The molecule has 134 valence electrons. The van der Waals surface area contributed by atoms with Gasteiger partial charge in [0.1, 0.15) is 16.5 Å². The van der Waals surface area contributed by atoms with E-state index in [1.165, 1.54) is 11.3 Å². The van der Waals surface area contributed by atoms with Crippen LogP contribution in [-0.2, 0) is 16.0 Å². The van der Waals surface area contributed by atoms with Gasteiger partial charge in [0.05, 0.1) is 18.7 Å². The molecule has 25 heavy (non-hydrogen) atoms. The minimum atomic E-state index is -0.905. The van der Waals surface area contributed by atoms with Gasteiger partial charge in [0.2, 0.25) is 0 Å². The molecular formula is C19H23NO4S. The molecule has 0 aliphatic rings. The number of thiazole rings is 1. The largest absolute Gasteiger partial charge is 0.497 e. The number of Topliss-reactive ketones (excluding diaryl/α,β-unsaturated/α-hetero) is 1. The lowest BCUT2D eigenvalue weighted by molar-refractivity contribution is -0.144. The van der Waals surface area contributed by atoms with Gasteiger partial charge in [0.25, 0.3) is 0 Å². The van der Waals surface area contributed by atoms with E-state index in [1.54, 1.807) is 7.11 Å². The van der Waals surface area contributed by atoms with Crippen LogP contribution >= 0.6 is 11.3 Å². The van der Waals surface area contributed by atoms with Crippen molar-refractivity contribution in [2.45, 2.75) is 33.1 Å². The van der Waals surface area contributed by atoms with Gasteiger partial charge < -0.3 is 9.84 Å².